The largest absolute Gasteiger partial charge is 0.335 e. The van der Waals surface area contributed by atoms with E-state index in [0.717, 1.165) is 25.2 Å². The molecular formula is C13H20N2O. The SMILES string of the molecule is CCC(=CC(=O)Cc1nccn1CC)CC. The quantitative estimate of drug-likeness (QED) is 0.691. The van der Waals surface area contributed by atoms with Crippen molar-refractivity contribution >= 4 is 5.78 Å². The smallest absolute Gasteiger partial charge is 0.163 e. The summed E-state index contributed by atoms with van der Waals surface area (Å²) in [5, 5.41) is 0. The van der Waals surface area contributed by atoms with Crippen LogP contribution in [-0.2, 0) is 17.8 Å². The molecule has 0 aliphatic heterocycles. The summed E-state index contributed by atoms with van der Waals surface area (Å²) in [5.41, 5.74) is 1.21. The van der Waals surface area contributed by atoms with Gasteiger partial charge in [0.15, 0.2) is 5.78 Å². The Hall–Kier alpha value is -1.38. The van der Waals surface area contributed by atoms with Gasteiger partial charge in [-0.3, -0.25) is 4.79 Å². The highest BCUT2D eigenvalue weighted by atomic mass is 16.1. The lowest BCUT2D eigenvalue weighted by Crippen LogP contribution is -2.07. The predicted molar refractivity (Wildman–Crippen MR) is 65.3 cm³/mol. The van der Waals surface area contributed by atoms with E-state index in [2.05, 4.69) is 25.8 Å². The highest BCUT2D eigenvalue weighted by molar-refractivity contribution is 5.91. The van der Waals surface area contributed by atoms with Crippen LogP contribution in [0.1, 0.15) is 39.4 Å². The minimum atomic E-state index is 0.152. The summed E-state index contributed by atoms with van der Waals surface area (Å²) in [6.07, 6.45) is 7.73. The first-order valence-electron chi connectivity index (χ1n) is 5.93. The number of aromatic nitrogens is 2. The van der Waals surface area contributed by atoms with Gasteiger partial charge in [-0.05, 0) is 25.8 Å². The lowest BCUT2D eigenvalue weighted by atomic mass is 10.1. The highest BCUT2D eigenvalue weighted by Gasteiger charge is 2.06. The van der Waals surface area contributed by atoms with Gasteiger partial charge in [-0.25, -0.2) is 4.98 Å². The summed E-state index contributed by atoms with van der Waals surface area (Å²) < 4.78 is 2.00. The van der Waals surface area contributed by atoms with Crippen molar-refractivity contribution in [1.82, 2.24) is 9.55 Å². The van der Waals surface area contributed by atoms with E-state index in [1.54, 1.807) is 12.3 Å². The molecule has 16 heavy (non-hydrogen) atoms. The number of allylic oxidation sites excluding steroid dienone is 2. The Morgan fingerprint density at radius 3 is 2.62 bits per heavy atom. The van der Waals surface area contributed by atoms with Gasteiger partial charge in [0.05, 0.1) is 6.42 Å². The van der Waals surface area contributed by atoms with E-state index >= 15 is 0 Å². The van der Waals surface area contributed by atoms with Crippen LogP contribution >= 0.6 is 0 Å². The average molecular weight is 220 g/mol. The Kier molecular flexibility index (Phi) is 4.96. The Morgan fingerprint density at radius 2 is 2.06 bits per heavy atom. The minimum absolute atomic E-state index is 0.152. The molecular weight excluding hydrogens is 200 g/mol. The molecule has 0 bridgehead atoms. The van der Waals surface area contributed by atoms with E-state index in [4.69, 9.17) is 0 Å². The topological polar surface area (TPSA) is 34.9 Å². The molecule has 3 heteroatoms. The Balaban J connectivity index is 2.68. The molecule has 0 aliphatic carbocycles. The maximum absolute atomic E-state index is 11.8. The molecule has 0 spiro atoms. The third-order valence-electron chi connectivity index (χ3n) is 2.75. The van der Waals surface area contributed by atoms with Gasteiger partial charge < -0.3 is 4.57 Å². The molecule has 0 aromatic carbocycles. The second-order valence-corrected chi connectivity index (χ2v) is 3.78. The number of carbonyl (C=O) groups is 1. The summed E-state index contributed by atoms with van der Waals surface area (Å²) in [5.74, 6) is 1.01. The highest BCUT2D eigenvalue weighted by Crippen LogP contribution is 2.07. The molecule has 1 rings (SSSR count). The molecule has 0 unspecified atom stereocenters. The summed E-state index contributed by atoms with van der Waals surface area (Å²) in [4.78, 5) is 16.0. The third-order valence-corrected chi connectivity index (χ3v) is 2.75. The van der Waals surface area contributed by atoms with E-state index in [0.29, 0.717) is 6.42 Å². The molecule has 0 N–H and O–H groups in total. The van der Waals surface area contributed by atoms with E-state index in [9.17, 15) is 4.79 Å². The molecule has 0 aliphatic rings. The first-order chi connectivity index (χ1) is 7.71. The molecule has 0 atom stereocenters. The molecule has 1 aromatic rings. The van der Waals surface area contributed by atoms with E-state index < -0.39 is 0 Å². The normalized spacial score (nSPS) is 10.2. The van der Waals surface area contributed by atoms with Crippen molar-refractivity contribution in [3.05, 3.63) is 29.9 Å². The zero-order chi connectivity index (χ0) is 12.0. The van der Waals surface area contributed by atoms with E-state index in [-0.39, 0.29) is 5.78 Å². The first kappa shape index (κ1) is 12.7. The number of aryl methyl sites for hydroxylation is 1. The lowest BCUT2D eigenvalue weighted by molar-refractivity contribution is -0.114. The number of ketones is 1. The Labute approximate surface area is 97.2 Å². The number of hydrogen-bond acceptors (Lipinski definition) is 2. The van der Waals surface area contributed by atoms with Gasteiger partial charge in [0.25, 0.3) is 0 Å². The predicted octanol–water partition coefficient (Wildman–Crippen LogP) is 2.76. The van der Waals surface area contributed by atoms with Crippen molar-refractivity contribution in [3.8, 4) is 0 Å². The van der Waals surface area contributed by atoms with Gasteiger partial charge in [0, 0.05) is 18.9 Å². The van der Waals surface area contributed by atoms with Crippen LogP contribution < -0.4 is 0 Å². The van der Waals surface area contributed by atoms with Crippen LogP contribution in [0.3, 0.4) is 0 Å². The van der Waals surface area contributed by atoms with E-state index in [1.807, 2.05) is 10.8 Å². The second kappa shape index (κ2) is 6.26. The Morgan fingerprint density at radius 1 is 1.38 bits per heavy atom. The molecule has 0 saturated carbocycles. The van der Waals surface area contributed by atoms with Crippen molar-refractivity contribution in [2.24, 2.45) is 0 Å². The van der Waals surface area contributed by atoms with E-state index in [1.165, 1.54) is 5.57 Å². The van der Waals surface area contributed by atoms with Crippen LogP contribution in [-0.4, -0.2) is 15.3 Å². The molecule has 1 aromatic heterocycles. The van der Waals surface area contributed by atoms with Crippen LogP contribution in [0.25, 0.3) is 0 Å². The van der Waals surface area contributed by atoms with Gasteiger partial charge in [0.2, 0.25) is 0 Å². The van der Waals surface area contributed by atoms with Crippen LogP contribution in [0, 0.1) is 0 Å². The van der Waals surface area contributed by atoms with Gasteiger partial charge in [-0.15, -0.1) is 0 Å². The molecule has 0 fully saturated rings. The van der Waals surface area contributed by atoms with Gasteiger partial charge in [0.1, 0.15) is 5.82 Å². The number of rotatable bonds is 6. The number of nitrogens with zero attached hydrogens (tertiary/aromatic N) is 2. The van der Waals surface area contributed by atoms with Gasteiger partial charge in [-0.2, -0.15) is 0 Å². The van der Waals surface area contributed by atoms with Crippen molar-refractivity contribution in [2.45, 2.75) is 46.6 Å². The standard InChI is InChI=1S/C13H20N2O/c1-4-11(5-2)9-12(16)10-13-14-7-8-15(13)6-3/h7-9H,4-6,10H2,1-3H3. The third kappa shape index (κ3) is 3.33. The fraction of sp³-hybridized carbons (Fsp3) is 0.538. The maximum atomic E-state index is 11.8. The first-order valence-corrected chi connectivity index (χ1v) is 5.93. The molecule has 0 radical (unpaired) electrons. The fourth-order valence-corrected chi connectivity index (χ4v) is 1.68. The molecule has 0 saturated heterocycles. The molecule has 3 nitrogen and oxygen atoms in total. The minimum Gasteiger partial charge on any atom is -0.335 e. The number of imidazole rings is 1. The van der Waals surface area contributed by atoms with Crippen LogP contribution in [0.4, 0.5) is 0 Å². The molecule has 88 valence electrons. The molecule has 1 heterocycles. The van der Waals surface area contributed by atoms with Crippen LogP contribution in [0.5, 0.6) is 0 Å². The zero-order valence-electron chi connectivity index (χ0n) is 10.4. The summed E-state index contributed by atoms with van der Waals surface area (Å²) in [6.45, 7) is 7.07. The van der Waals surface area contributed by atoms with Crippen molar-refractivity contribution in [1.29, 1.82) is 0 Å². The molecule has 0 amide bonds. The monoisotopic (exact) mass is 220 g/mol. The average Bonchev–Trinajstić information content (AvgIpc) is 2.73. The lowest BCUT2D eigenvalue weighted by Gasteiger charge is -2.03. The Bertz CT molecular complexity index is 371. The second-order valence-electron chi connectivity index (χ2n) is 3.78. The summed E-state index contributed by atoms with van der Waals surface area (Å²) in [6, 6.07) is 0. The number of carbonyl (C=O) groups excluding carboxylic acids is 1. The summed E-state index contributed by atoms with van der Waals surface area (Å²) >= 11 is 0. The summed E-state index contributed by atoms with van der Waals surface area (Å²) in [7, 11) is 0. The zero-order valence-corrected chi connectivity index (χ0v) is 10.4. The van der Waals surface area contributed by atoms with Crippen molar-refractivity contribution < 1.29 is 4.79 Å². The van der Waals surface area contributed by atoms with Crippen molar-refractivity contribution in [2.75, 3.05) is 0 Å². The van der Waals surface area contributed by atoms with Crippen LogP contribution in [0.2, 0.25) is 0 Å². The van der Waals surface area contributed by atoms with Gasteiger partial charge in [-0.1, -0.05) is 19.4 Å². The maximum Gasteiger partial charge on any atom is 0.163 e. The van der Waals surface area contributed by atoms with Crippen molar-refractivity contribution in [3.63, 3.8) is 0 Å². The fourth-order valence-electron chi connectivity index (χ4n) is 1.68. The van der Waals surface area contributed by atoms with Gasteiger partial charge >= 0.3 is 0 Å². The van der Waals surface area contributed by atoms with Crippen LogP contribution in [0.15, 0.2) is 24.0 Å². The number of hydrogen-bond donors (Lipinski definition) is 0.